The summed E-state index contributed by atoms with van der Waals surface area (Å²) >= 11 is 0. The molecule has 0 spiro atoms. The monoisotopic (exact) mass is 258 g/mol. The summed E-state index contributed by atoms with van der Waals surface area (Å²) in [7, 11) is 0. The molecule has 3 nitrogen and oxygen atoms in total. The van der Waals surface area contributed by atoms with E-state index in [1.54, 1.807) is 24.3 Å². The Kier molecular flexibility index (Phi) is 6.08. The van der Waals surface area contributed by atoms with Gasteiger partial charge in [0, 0.05) is 18.2 Å². The second-order valence-electron chi connectivity index (χ2n) is 4.99. The third-order valence-electron chi connectivity index (χ3n) is 3.15. The van der Waals surface area contributed by atoms with Gasteiger partial charge in [-0.3, -0.25) is 4.79 Å². The summed E-state index contributed by atoms with van der Waals surface area (Å²) in [5, 5.41) is 8.76. The molecule has 0 aliphatic heterocycles. The molecule has 1 amide bonds. The summed E-state index contributed by atoms with van der Waals surface area (Å²) in [5.74, 6) is 0.0515. The molecule has 19 heavy (non-hydrogen) atoms. The van der Waals surface area contributed by atoms with Crippen molar-refractivity contribution >= 4 is 5.91 Å². The molecule has 0 aromatic heterocycles. The van der Waals surface area contributed by atoms with Crippen LogP contribution in [0.3, 0.4) is 0 Å². The van der Waals surface area contributed by atoms with E-state index in [2.05, 4.69) is 13.0 Å². The Balaban J connectivity index is 2.77. The maximum absolute atomic E-state index is 12.4. The molecule has 0 saturated carbocycles. The molecule has 0 bridgehead atoms. The first-order valence-electron chi connectivity index (χ1n) is 6.91. The molecule has 1 aromatic carbocycles. The van der Waals surface area contributed by atoms with Gasteiger partial charge in [-0.1, -0.05) is 19.8 Å². The number of amides is 1. The Morgan fingerprint density at radius 3 is 2.37 bits per heavy atom. The third-order valence-corrected chi connectivity index (χ3v) is 3.15. The van der Waals surface area contributed by atoms with Crippen LogP contribution < -0.4 is 0 Å². The van der Waals surface area contributed by atoms with Crippen molar-refractivity contribution < 1.29 is 4.79 Å². The second-order valence-corrected chi connectivity index (χ2v) is 4.99. The van der Waals surface area contributed by atoms with E-state index in [1.807, 2.05) is 18.7 Å². The Bertz CT molecular complexity index is 443. The number of unbranched alkanes of at least 4 members (excludes halogenated alkanes) is 2. The van der Waals surface area contributed by atoms with Crippen LogP contribution in [-0.4, -0.2) is 23.4 Å². The van der Waals surface area contributed by atoms with Gasteiger partial charge in [-0.2, -0.15) is 5.26 Å². The van der Waals surface area contributed by atoms with Crippen molar-refractivity contribution in [2.45, 2.75) is 46.1 Å². The molecule has 0 saturated heterocycles. The summed E-state index contributed by atoms with van der Waals surface area (Å²) < 4.78 is 0. The SMILES string of the molecule is CCCCCN(C(=O)c1ccc(C#N)cc1)C(C)C. The average Bonchev–Trinajstić information content (AvgIpc) is 2.42. The zero-order valence-corrected chi connectivity index (χ0v) is 12.0. The Morgan fingerprint density at radius 2 is 1.89 bits per heavy atom. The number of hydrogen-bond acceptors (Lipinski definition) is 2. The van der Waals surface area contributed by atoms with Crippen molar-refractivity contribution in [3.8, 4) is 6.07 Å². The van der Waals surface area contributed by atoms with Crippen molar-refractivity contribution in [2.24, 2.45) is 0 Å². The van der Waals surface area contributed by atoms with Crippen molar-refractivity contribution in [3.05, 3.63) is 35.4 Å². The van der Waals surface area contributed by atoms with Gasteiger partial charge in [-0.15, -0.1) is 0 Å². The van der Waals surface area contributed by atoms with E-state index in [0.717, 1.165) is 25.8 Å². The molecule has 3 heteroatoms. The van der Waals surface area contributed by atoms with E-state index in [0.29, 0.717) is 11.1 Å². The van der Waals surface area contributed by atoms with Crippen molar-refractivity contribution in [1.82, 2.24) is 4.90 Å². The summed E-state index contributed by atoms with van der Waals surface area (Å²) in [6, 6.07) is 9.11. The van der Waals surface area contributed by atoms with Gasteiger partial charge in [0.05, 0.1) is 11.6 Å². The van der Waals surface area contributed by atoms with Crippen LogP contribution in [0.2, 0.25) is 0 Å². The lowest BCUT2D eigenvalue weighted by molar-refractivity contribution is 0.0702. The van der Waals surface area contributed by atoms with E-state index in [1.165, 1.54) is 0 Å². The highest BCUT2D eigenvalue weighted by Gasteiger charge is 2.17. The lowest BCUT2D eigenvalue weighted by atomic mass is 10.1. The minimum atomic E-state index is 0.0515. The second kappa shape index (κ2) is 7.58. The van der Waals surface area contributed by atoms with Crippen LogP contribution in [0.15, 0.2) is 24.3 Å². The number of hydrogen-bond donors (Lipinski definition) is 0. The predicted molar refractivity (Wildman–Crippen MR) is 76.9 cm³/mol. The van der Waals surface area contributed by atoms with Crippen LogP contribution in [0, 0.1) is 11.3 Å². The first-order chi connectivity index (χ1) is 9.10. The van der Waals surface area contributed by atoms with Gasteiger partial charge in [-0.25, -0.2) is 0 Å². The van der Waals surface area contributed by atoms with Gasteiger partial charge in [0.1, 0.15) is 0 Å². The number of nitriles is 1. The van der Waals surface area contributed by atoms with Crippen LogP contribution in [0.4, 0.5) is 0 Å². The first kappa shape index (κ1) is 15.2. The topological polar surface area (TPSA) is 44.1 Å². The van der Waals surface area contributed by atoms with Crippen molar-refractivity contribution in [2.75, 3.05) is 6.54 Å². The van der Waals surface area contributed by atoms with Gasteiger partial charge in [0.15, 0.2) is 0 Å². The summed E-state index contributed by atoms with van der Waals surface area (Å²) in [4.78, 5) is 14.3. The Hall–Kier alpha value is -1.82. The van der Waals surface area contributed by atoms with E-state index in [9.17, 15) is 4.79 Å². The lowest BCUT2D eigenvalue weighted by Crippen LogP contribution is -2.37. The van der Waals surface area contributed by atoms with Crippen LogP contribution in [0.5, 0.6) is 0 Å². The largest absolute Gasteiger partial charge is 0.336 e. The highest BCUT2D eigenvalue weighted by molar-refractivity contribution is 5.94. The van der Waals surface area contributed by atoms with E-state index in [-0.39, 0.29) is 11.9 Å². The van der Waals surface area contributed by atoms with Crippen molar-refractivity contribution in [3.63, 3.8) is 0 Å². The number of carbonyl (C=O) groups is 1. The van der Waals surface area contributed by atoms with E-state index in [4.69, 9.17) is 5.26 Å². The fourth-order valence-corrected chi connectivity index (χ4v) is 1.98. The van der Waals surface area contributed by atoms with Gasteiger partial charge in [-0.05, 0) is 44.5 Å². The molecule has 0 fully saturated rings. The normalized spacial score (nSPS) is 10.3. The Labute approximate surface area is 115 Å². The molecule has 0 heterocycles. The molecule has 0 radical (unpaired) electrons. The fourth-order valence-electron chi connectivity index (χ4n) is 1.98. The highest BCUT2D eigenvalue weighted by atomic mass is 16.2. The summed E-state index contributed by atoms with van der Waals surface area (Å²) in [6.45, 7) is 7.02. The van der Waals surface area contributed by atoms with Crippen LogP contribution in [0.1, 0.15) is 56.0 Å². The third kappa shape index (κ3) is 4.40. The Morgan fingerprint density at radius 1 is 1.26 bits per heavy atom. The number of rotatable bonds is 6. The van der Waals surface area contributed by atoms with Crippen LogP contribution in [0.25, 0.3) is 0 Å². The molecule has 1 aromatic rings. The zero-order valence-electron chi connectivity index (χ0n) is 12.0. The molecule has 0 aliphatic rings. The quantitative estimate of drug-likeness (QED) is 0.732. The average molecular weight is 258 g/mol. The van der Waals surface area contributed by atoms with Crippen LogP contribution >= 0.6 is 0 Å². The van der Waals surface area contributed by atoms with Gasteiger partial charge in [0.25, 0.3) is 5.91 Å². The molecule has 0 N–H and O–H groups in total. The lowest BCUT2D eigenvalue weighted by Gasteiger charge is -2.27. The number of carbonyl (C=O) groups excluding carboxylic acids is 1. The van der Waals surface area contributed by atoms with Gasteiger partial charge >= 0.3 is 0 Å². The first-order valence-corrected chi connectivity index (χ1v) is 6.91. The van der Waals surface area contributed by atoms with E-state index >= 15 is 0 Å². The van der Waals surface area contributed by atoms with Gasteiger partial charge in [0.2, 0.25) is 0 Å². The molecular formula is C16H22N2O. The molecular weight excluding hydrogens is 236 g/mol. The van der Waals surface area contributed by atoms with Gasteiger partial charge < -0.3 is 4.90 Å². The smallest absolute Gasteiger partial charge is 0.254 e. The maximum atomic E-state index is 12.4. The predicted octanol–water partition coefficient (Wildman–Crippen LogP) is 3.60. The standard InChI is InChI=1S/C16H22N2O/c1-4-5-6-11-18(13(2)3)16(19)15-9-7-14(12-17)8-10-15/h7-10,13H,4-6,11H2,1-3H3. The summed E-state index contributed by atoms with van der Waals surface area (Å²) in [5.41, 5.74) is 1.24. The molecule has 0 unspecified atom stereocenters. The number of nitrogens with zero attached hydrogens (tertiary/aromatic N) is 2. The summed E-state index contributed by atoms with van der Waals surface area (Å²) in [6.07, 6.45) is 3.33. The fraction of sp³-hybridized carbons (Fsp3) is 0.500. The number of benzene rings is 1. The van der Waals surface area contributed by atoms with E-state index < -0.39 is 0 Å². The van der Waals surface area contributed by atoms with Crippen molar-refractivity contribution in [1.29, 1.82) is 5.26 Å². The molecule has 1 rings (SSSR count). The van der Waals surface area contributed by atoms with Crippen LogP contribution in [-0.2, 0) is 0 Å². The maximum Gasteiger partial charge on any atom is 0.254 e. The molecule has 102 valence electrons. The zero-order chi connectivity index (χ0) is 14.3. The minimum absolute atomic E-state index is 0.0515. The molecule has 0 aliphatic carbocycles. The highest BCUT2D eigenvalue weighted by Crippen LogP contribution is 2.11. The molecule has 0 atom stereocenters. The minimum Gasteiger partial charge on any atom is -0.336 e.